The fourth-order valence-electron chi connectivity index (χ4n) is 0.497. The summed E-state index contributed by atoms with van der Waals surface area (Å²) in [6, 6.07) is 0. The van der Waals surface area contributed by atoms with Crippen LogP contribution in [0, 0.1) is 0 Å². The molecule has 4 heteroatoms. The zero-order valence-electron chi connectivity index (χ0n) is 4.92. The van der Waals surface area contributed by atoms with Crippen LogP contribution >= 0.6 is 11.3 Å². The van der Waals surface area contributed by atoms with Gasteiger partial charge in [0.2, 0.25) is 0 Å². The number of aliphatic hydroxyl groups is 1. The molecule has 2 N–H and O–H groups in total. The average Bonchev–Trinajstić information content (AvgIpc) is 2.14. The van der Waals surface area contributed by atoms with E-state index in [1.54, 1.807) is 12.3 Å². The summed E-state index contributed by atoms with van der Waals surface area (Å²) in [4.78, 5) is 12.8. The quantitative estimate of drug-likeness (QED) is 0.604. The summed E-state index contributed by atoms with van der Waals surface area (Å²) in [6.07, 6.45) is -0.566. The molecule has 0 radical (unpaired) electrons. The second kappa shape index (κ2) is 2.33. The average molecular weight is 145 g/mol. The van der Waals surface area contributed by atoms with Gasteiger partial charge in [-0.05, 0) is 6.92 Å². The van der Waals surface area contributed by atoms with Crippen LogP contribution in [-0.2, 0) is 0 Å². The lowest BCUT2D eigenvalue weighted by molar-refractivity contribution is 0.195. The molecule has 50 valence electrons. The van der Waals surface area contributed by atoms with Crippen molar-refractivity contribution in [2.45, 2.75) is 13.0 Å². The molecule has 1 atom stereocenters. The highest BCUT2D eigenvalue weighted by Crippen LogP contribution is 2.06. The number of rotatable bonds is 1. The second-order valence-corrected chi connectivity index (χ2v) is 2.62. The van der Waals surface area contributed by atoms with E-state index in [1.165, 1.54) is 0 Å². The number of nitrogens with one attached hydrogen (secondary N) is 1. The van der Waals surface area contributed by atoms with E-state index in [9.17, 15) is 4.79 Å². The number of aromatic amines is 1. The van der Waals surface area contributed by atoms with E-state index in [-0.39, 0.29) is 4.87 Å². The van der Waals surface area contributed by atoms with Crippen LogP contribution in [0.3, 0.4) is 0 Å². The highest BCUT2D eigenvalue weighted by atomic mass is 32.1. The molecule has 0 aliphatic heterocycles. The van der Waals surface area contributed by atoms with Gasteiger partial charge in [0.05, 0.1) is 11.8 Å². The third-order valence-corrected chi connectivity index (χ3v) is 1.68. The van der Waals surface area contributed by atoms with Gasteiger partial charge in [-0.15, -0.1) is 0 Å². The Morgan fingerprint density at radius 1 is 1.89 bits per heavy atom. The molecule has 0 bridgehead atoms. The molecule has 0 saturated carbocycles. The fourth-order valence-corrected chi connectivity index (χ4v) is 1.16. The van der Waals surface area contributed by atoms with Crippen molar-refractivity contribution >= 4 is 11.3 Å². The van der Waals surface area contributed by atoms with Gasteiger partial charge in [-0.2, -0.15) is 0 Å². The Labute approximate surface area is 56.0 Å². The lowest BCUT2D eigenvalue weighted by Crippen LogP contribution is -1.97. The Bertz CT molecular complexity index is 237. The van der Waals surface area contributed by atoms with E-state index in [1.807, 2.05) is 0 Å². The third-order valence-electron chi connectivity index (χ3n) is 0.989. The summed E-state index contributed by atoms with van der Waals surface area (Å²) in [6.45, 7) is 1.61. The van der Waals surface area contributed by atoms with Gasteiger partial charge in [-0.25, -0.2) is 0 Å². The van der Waals surface area contributed by atoms with Crippen LogP contribution in [-0.4, -0.2) is 10.1 Å². The zero-order chi connectivity index (χ0) is 6.85. The van der Waals surface area contributed by atoms with E-state index in [0.717, 1.165) is 11.3 Å². The summed E-state index contributed by atoms with van der Waals surface area (Å²) in [5.74, 6) is 0. The Hall–Kier alpha value is -0.610. The van der Waals surface area contributed by atoms with Gasteiger partial charge in [0.25, 0.3) is 0 Å². The van der Waals surface area contributed by atoms with E-state index >= 15 is 0 Å². The number of thiazole rings is 1. The van der Waals surface area contributed by atoms with Crippen molar-refractivity contribution in [3.63, 3.8) is 0 Å². The Kier molecular flexibility index (Phi) is 1.68. The molecule has 1 aromatic rings. The first-order valence-electron chi connectivity index (χ1n) is 2.56. The molecule has 1 unspecified atom stereocenters. The Morgan fingerprint density at radius 3 is 2.78 bits per heavy atom. The largest absolute Gasteiger partial charge is 0.387 e. The minimum absolute atomic E-state index is 0.120. The lowest BCUT2D eigenvalue weighted by Gasteiger charge is -1.95. The molecule has 1 rings (SSSR count). The van der Waals surface area contributed by atoms with Crippen LogP contribution < -0.4 is 4.87 Å². The SMILES string of the molecule is CC(O)c1csc(=O)[nH]1. The number of aromatic nitrogens is 1. The minimum atomic E-state index is -0.566. The van der Waals surface area contributed by atoms with Crippen molar-refractivity contribution in [2.24, 2.45) is 0 Å². The lowest BCUT2D eigenvalue weighted by atomic mass is 10.3. The van der Waals surface area contributed by atoms with Crippen LogP contribution in [0.25, 0.3) is 0 Å². The van der Waals surface area contributed by atoms with Gasteiger partial charge < -0.3 is 10.1 Å². The van der Waals surface area contributed by atoms with Crippen LogP contribution in [0.4, 0.5) is 0 Å². The highest BCUT2D eigenvalue weighted by molar-refractivity contribution is 7.07. The second-order valence-electron chi connectivity index (χ2n) is 1.78. The monoisotopic (exact) mass is 145 g/mol. The molecule has 0 amide bonds. The molecule has 0 aromatic carbocycles. The number of H-pyrrole nitrogens is 1. The molecular formula is C5H7NO2S. The van der Waals surface area contributed by atoms with E-state index in [4.69, 9.17) is 5.11 Å². The maximum atomic E-state index is 10.4. The van der Waals surface area contributed by atoms with Gasteiger partial charge in [-0.1, -0.05) is 11.3 Å². The van der Waals surface area contributed by atoms with Crippen molar-refractivity contribution in [1.29, 1.82) is 0 Å². The topological polar surface area (TPSA) is 53.1 Å². The Morgan fingerprint density at radius 2 is 2.56 bits per heavy atom. The third kappa shape index (κ3) is 1.40. The van der Waals surface area contributed by atoms with Gasteiger partial charge in [-0.3, -0.25) is 4.79 Å². The van der Waals surface area contributed by atoms with Gasteiger partial charge >= 0.3 is 4.87 Å². The van der Waals surface area contributed by atoms with Gasteiger partial charge in [0.1, 0.15) is 0 Å². The smallest absolute Gasteiger partial charge is 0.304 e. The molecule has 9 heavy (non-hydrogen) atoms. The first-order valence-corrected chi connectivity index (χ1v) is 3.44. The maximum Gasteiger partial charge on any atom is 0.304 e. The minimum Gasteiger partial charge on any atom is -0.387 e. The van der Waals surface area contributed by atoms with Crippen LogP contribution in [0.2, 0.25) is 0 Å². The summed E-state index contributed by atoms with van der Waals surface area (Å²) in [5, 5.41) is 10.5. The van der Waals surface area contributed by atoms with Crippen molar-refractivity contribution in [3.05, 3.63) is 20.7 Å². The number of hydrogen-bond donors (Lipinski definition) is 2. The highest BCUT2D eigenvalue weighted by Gasteiger charge is 2.00. The molecule has 3 nitrogen and oxygen atoms in total. The van der Waals surface area contributed by atoms with E-state index in [2.05, 4.69) is 4.98 Å². The van der Waals surface area contributed by atoms with Gasteiger partial charge in [0.15, 0.2) is 0 Å². The summed E-state index contributed by atoms with van der Waals surface area (Å²) in [5.41, 5.74) is 0.588. The molecule has 0 aliphatic rings. The zero-order valence-corrected chi connectivity index (χ0v) is 5.73. The first kappa shape index (κ1) is 6.51. The van der Waals surface area contributed by atoms with Gasteiger partial charge in [0, 0.05) is 5.38 Å². The molecular weight excluding hydrogens is 138 g/mol. The molecule has 0 spiro atoms. The molecule has 1 heterocycles. The van der Waals surface area contributed by atoms with Crippen LogP contribution in [0.15, 0.2) is 10.2 Å². The molecule has 0 aliphatic carbocycles. The van der Waals surface area contributed by atoms with Crippen LogP contribution in [0.5, 0.6) is 0 Å². The van der Waals surface area contributed by atoms with Crippen LogP contribution in [0.1, 0.15) is 18.7 Å². The fraction of sp³-hybridized carbons (Fsp3) is 0.400. The van der Waals surface area contributed by atoms with Crippen molar-refractivity contribution < 1.29 is 5.11 Å². The first-order chi connectivity index (χ1) is 4.20. The molecule has 0 saturated heterocycles. The normalized spacial score (nSPS) is 13.6. The van der Waals surface area contributed by atoms with Crippen molar-refractivity contribution in [3.8, 4) is 0 Å². The maximum absolute atomic E-state index is 10.4. The molecule has 1 aromatic heterocycles. The summed E-state index contributed by atoms with van der Waals surface area (Å²) in [7, 11) is 0. The standard InChI is InChI=1S/C5H7NO2S/c1-3(7)4-2-9-5(8)6-4/h2-3,7H,1H3,(H,6,8). The predicted molar refractivity (Wildman–Crippen MR) is 35.6 cm³/mol. The van der Waals surface area contributed by atoms with Crippen molar-refractivity contribution in [1.82, 2.24) is 4.98 Å². The summed E-state index contributed by atoms with van der Waals surface area (Å²) >= 11 is 1.06. The predicted octanol–water partition coefficient (Wildman–Crippen LogP) is 0.490. The van der Waals surface area contributed by atoms with Crippen molar-refractivity contribution in [2.75, 3.05) is 0 Å². The van der Waals surface area contributed by atoms with E-state index < -0.39 is 6.10 Å². The molecule has 0 fully saturated rings. The Balaban J connectivity index is 2.98. The summed E-state index contributed by atoms with van der Waals surface area (Å²) < 4.78 is 0. The van der Waals surface area contributed by atoms with E-state index in [0.29, 0.717) is 5.69 Å². The number of hydrogen-bond acceptors (Lipinski definition) is 3. The number of aliphatic hydroxyl groups excluding tert-OH is 1.